The SMILES string of the molecule is Nc1ccc(C2=CC(C3=CC=CC(c4nc(-c5ccc6c(c5)C(C5=CCCC=N5)(C5=CCCCN5)C5=CCCC=C5S6)nc(C5CC=CCC5)n4)C3)CC=C2)cc1. The Balaban J connectivity index is 1.06. The molecule has 3 N–H and O–H groups in total. The van der Waals surface area contributed by atoms with Crippen molar-refractivity contribution in [1.29, 1.82) is 0 Å². The zero-order chi connectivity index (χ0) is 38.2. The fourth-order valence-electron chi connectivity index (χ4n) is 9.67. The zero-order valence-corrected chi connectivity index (χ0v) is 33.4. The maximum Gasteiger partial charge on any atom is 0.163 e. The molecule has 7 heteroatoms. The van der Waals surface area contributed by atoms with Gasteiger partial charge >= 0.3 is 0 Å². The van der Waals surface area contributed by atoms with Crippen molar-refractivity contribution in [2.24, 2.45) is 10.9 Å². The minimum absolute atomic E-state index is 0.0644. The highest BCUT2D eigenvalue weighted by Gasteiger charge is 2.50. The quantitative estimate of drug-likeness (QED) is 0.184. The Bertz CT molecular complexity index is 2400. The van der Waals surface area contributed by atoms with Crippen LogP contribution < -0.4 is 11.1 Å². The molecule has 2 aromatic carbocycles. The lowest BCUT2D eigenvalue weighted by Gasteiger charge is -2.46. The first kappa shape index (κ1) is 36.1. The van der Waals surface area contributed by atoms with Gasteiger partial charge in [-0.25, -0.2) is 15.0 Å². The molecule has 7 aliphatic rings. The summed E-state index contributed by atoms with van der Waals surface area (Å²) in [4.78, 5) is 24.0. The van der Waals surface area contributed by atoms with Crippen LogP contribution in [0.25, 0.3) is 17.0 Å². The zero-order valence-electron chi connectivity index (χ0n) is 32.5. The van der Waals surface area contributed by atoms with Gasteiger partial charge in [0.25, 0.3) is 0 Å². The van der Waals surface area contributed by atoms with E-state index >= 15 is 0 Å². The lowest BCUT2D eigenvalue weighted by molar-refractivity contribution is 0.555. The maximum atomic E-state index is 6.01. The fourth-order valence-corrected chi connectivity index (χ4v) is 10.9. The molecule has 4 atom stereocenters. The van der Waals surface area contributed by atoms with Crippen LogP contribution in [0.5, 0.6) is 0 Å². The van der Waals surface area contributed by atoms with Crippen molar-refractivity contribution in [3.05, 3.63) is 166 Å². The van der Waals surface area contributed by atoms with Gasteiger partial charge in [0.15, 0.2) is 5.82 Å². The van der Waals surface area contributed by atoms with E-state index in [4.69, 9.17) is 25.7 Å². The Morgan fingerprint density at radius 2 is 1.67 bits per heavy atom. The Morgan fingerprint density at radius 1 is 0.789 bits per heavy atom. The molecule has 0 radical (unpaired) electrons. The summed E-state index contributed by atoms with van der Waals surface area (Å²) in [6, 6.07) is 15.2. The van der Waals surface area contributed by atoms with Crippen molar-refractivity contribution in [3.63, 3.8) is 0 Å². The lowest BCUT2D eigenvalue weighted by Crippen LogP contribution is -2.43. The van der Waals surface area contributed by atoms with E-state index in [1.807, 2.05) is 23.9 Å². The second-order valence-electron chi connectivity index (χ2n) is 16.3. The summed E-state index contributed by atoms with van der Waals surface area (Å²) in [5.41, 5.74) is 16.2. The number of allylic oxidation sites excluding steroid dienone is 15. The molecule has 0 saturated carbocycles. The van der Waals surface area contributed by atoms with E-state index in [1.165, 1.54) is 43.3 Å². The summed E-state index contributed by atoms with van der Waals surface area (Å²) in [6.07, 6.45) is 41.5. The fraction of sp³-hybridized carbons (Fsp3) is 0.320. The third-order valence-electron chi connectivity index (χ3n) is 12.6. The van der Waals surface area contributed by atoms with Crippen molar-refractivity contribution in [2.45, 2.75) is 92.8 Å². The average Bonchev–Trinajstić information content (AvgIpc) is 3.29. The third-order valence-corrected chi connectivity index (χ3v) is 13.8. The normalized spacial score (nSPS) is 26.5. The van der Waals surface area contributed by atoms with E-state index < -0.39 is 5.41 Å². The molecular weight excluding hydrogens is 717 g/mol. The number of nitrogens with one attached hydrogen (secondary N) is 1. The number of benzene rings is 2. The first-order valence-corrected chi connectivity index (χ1v) is 21.9. The molecular formula is C50H50N6S. The molecule has 10 rings (SSSR count). The number of thioether (sulfide) groups is 1. The minimum atomic E-state index is -0.508. The summed E-state index contributed by atoms with van der Waals surface area (Å²) in [5.74, 6) is 3.22. The second kappa shape index (κ2) is 15.6. The van der Waals surface area contributed by atoms with E-state index in [2.05, 4.69) is 115 Å². The van der Waals surface area contributed by atoms with Gasteiger partial charge in [0.1, 0.15) is 17.1 Å². The molecule has 6 nitrogen and oxygen atoms in total. The van der Waals surface area contributed by atoms with Gasteiger partial charge in [0, 0.05) is 57.3 Å². The van der Waals surface area contributed by atoms with Gasteiger partial charge in [-0.15, -0.1) is 0 Å². The second-order valence-corrected chi connectivity index (χ2v) is 17.4. The van der Waals surface area contributed by atoms with Gasteiger partial charge in [-0.2, -0.15) is 0 Å². The molecule has 4 aliphatic carbocycles. The number of aliphatic imine (C=N–C) groups is 1. The van der Waals surface area contributed by atoms with Crippen molar-refractivity contribution < 1.29 is 0 Å². The molecule has 0 fully saturated rings. The molecule has 3 aliphatic heterocycles. The van der Waals surface area contributed by atoms with Gasteiger partial charge in [-0.05, 0) is 117 Å². The van der Waals surface area contributed by atoms with Crippen molar-refractivity contribution in [3.8, 4) is 11.4 Å². The van der Waals surface area contributed by atoms with Crippen LogP contribution in [0.1, 0.15) is 105 Å². The lowest BCUT2D eigenvalue weighted by atomic mass is 9.65. The molecule has 4 heterocycles. The minimum Gasteiger partial charge on any atom is -0.399 e. The Morgan fingerprint density at radius 3 is 2.51 bits per heavy atom. The summed E-state index contributed by atoms with van der Waals surface area (Å²) in [7, 11) is 0. The largest absolute Gasteiger partial charge is 0.399 e. The highest BCUT2D eigenvalue weighted by molar-refractivity contribution is 8.03. The third kappa shape index (κ3) is 6.84. The Hall–Kier alpha value is -5.27. The van der Waals surface area contributed by atoms with E-state index in [-0.39, 0.29) is 11.8 Å². The molecule has 4 unspecified atom stereocenters. The van der Waals surface area contributed by atoms with E-state index in [0.29, 0.717) is 5.92 Å². The molecule has 0 bridgehead atoms. The number of hydrogen-bond donors (Lipinski definition) is 2. The van der Waals surface area contributed by atoms with Crippen LogP contribution in [0.4, 0.5) is 5.69 Å². The number of hydrogen-bond acceptors (Lipinski definition) is 7. The van der Waals surface area contributed by atoms with E-state index in [1.54, 1.807) is 0 Å². The standard InChI is InChI=1S/C50H50N6S/c51-40-25-22-33(23-26-40)35-14-10-15-36(30-35)37-16-11-17-38(31-37)48-54-47(34-12-2-1-3-13-34)55-49(56-48)39-24-27-44-42(32-39)50(45-20-6-8-28-52-45,46-21-7-9-29-53-46)41-18-4-5-19-43(41)57-44/h1-2,10-11,14,16-28,30,32,34,36,38,53H,3-9,12-13,15,29,31,51H2. The number of aromatic nitrogens is 3. The number of nitrogens with two attached hydrogens (primary N) is 1. The number of nitrogen functional groups attached to an aromatic ring is 1. The predicted molar refractivity (Wildman–Crippen MR) is 236 cm³/mol. The van der Waals surface area contributed by atoms with Crippen LogP contribution in [0.15, 0.2) is 153 Å². The molecule has 286 valence electrons. The first-order valence-electron chi connectivity index (χ1n) is 21.1. The summed E-state index contributed by atoms with van der Waals surface area (Å²) >= 11 is 1.91. The molecule has 1 aromatic heterocycles. The first-order chi connectivity index (χ1) is 28.1. The molecule has 0 saturated heterocycles. The van der Waals surface area contributed by atoms with Crippen molar-refractivity contribution in [2.75, 3.05) is 12.3 Å². The smallest absolute Gasteiger partial charge is 0.163 e. The van der Waals surface area contributed by atoms with E-state index in [9.17, 15) is 0 Å². The van der Waals surface area contributed by atoms with Crippen LogP contribution in [-0.4, -0.2) is 27.7 Å². The van der Waals surface area contributed by atoms with Gasteiger partial charge in [-0.3, -0.25) is 4.99 Å². The highest BCUT2D eigenvalue weighted by Crippen LogP contribution is 2.60. The van der Waals surface area contributed by atoms with Crippen molar-refractivity contribution >= 4 is 29.2 Å². The number of anilines is 1. The van der Waals surface area contributed by atoms with Crippen LogP contribution in [0.3, 0.4) is 0 Å². The Labute approximate surface area is 341 Å². The van der Waals surface area contributed by atoms with Gasteiger partial charge < -0.3 is 11.1 Å². The number of fused-ring (bicyclic) bond motifs is 2. The van der Waals surface area contributed by atoms with E-state index in [0.717, 1.165) is 112 Å². The number of nitrogens with zero attached hydrogens (tertiary/aromatic N) is 4. The average molecular weight is 767 g/mol. The molecule has 3 aromatic rings. The van der Waals surface area contributed by atoms with Crippen LogP contribution in [0.2, 0.25) is 0 Å². The van der Waals surface area contributed by atoms with Crippen LogP contribution >= 0.6 is 11.8 Å². The predicted octanol–water partition coefficient (Wildman–Crippen LogP) is 11.5. The number of rotatable bonds is 7. The van der Waals surface area contributed by atoms with Crippen LogP contribution in [-0.2, 0) is 5.41 Å². The highest BCUT2D eigenvalue weighted by atomic mass is 32.2. The summed E-state index contributed by atoms with van der Waals surface area (Å²) < 4.78 is 0. The van der Waals surface area contributed by atoms with Gasteiger partial charge in [0.2, 0.25) is 0 Å². The van der Waals surface area contributed by atoms with Crippen molar-refractivity contribution in [1.82, 2.24) is 20.3 Å². The van der Waals surface area contributed by atoms with Gasteiger partial charge in [0.05, 0.1) is 5.70 Å². The summed E-state index contributed by atoms with van der Waals surface area (Å²) in [5, 5.41) is 3.90. The van der Waals surface area contributed by atoms with Gasteiger partial charge in [-0.1, -0.05) is 108 Å². The monoisotopic (exact) mass is 766 g/mol. The molecule has 57 heavy (non-hydrogen) atoms. The molecule has 0 amide bonds. The van der Waals surface area contributed by atoms with Crippen LogP contribution in [0, 0.1) is 5.92 Å². The summed E-state index contributed by atoms with van der Waals surface area (Å²) in [6.45, 7) is 0.968. The molecule has 0 spiro atoms. The topological polar surface area (TPSA) is 89.1 Å². The Kier molecular flexibility index (Phi) is 9.87. The maximum absolute atomic E-state index is 6.01.